The third-order valence-electron chi connectivity index (χ3n) is 3.65. The van der Waals surface area contributed by atoms with Crippen LogP contribution in [0, 0.1) is 0 Å². The van der Waals surface area contributed by atoms with Crippen molar-refractivity contribution in [1.29, 1.82) is 0 Å². The van der Waals surface area contributed by atoms with Gasteiger partial charge in [-0.2, -0.15) is 0 Å². The van der Waals surface area contributed by atoms with Crippen LogP contribution in [0.15, 0.2) is 48.8 Å². The number of ether oxygens (including phenoxy) is 1. The summed E-state index contributed by atoms with van der Waals surface area (Å²) in [5.74, 6) is 0.789. The predicted molar refractivity (Wildman–Crippen MR) is 83.2 cm³/mol. The van der Waals surface area contributed by atoms with Crippen molar-refractivity contribution in [3.8, 4) is 5.75 Å². The summed E-state index contributed by atoms with van der Waals surface area (Å²) in [5.41, 5.74) is 2.02. The lowest BCUT2D eigenvalue weighted by atomic mass is 10.0. The summed E-state index contributed by atoms with van der Waals surface area (Å²) in [7, 11) is 1.63. The average molecular weight is 286 g/mol. The molecule has 2 N–H and O–H groups in total. The third kappa shape index (κ3) is 4.03. The van der Waals surface area contributed by atoms with Crippen LogP contribution in [0.25, 0.3) is 0 Å². The number of aromatic nitrogens is 1. The number of aliphatic hydroxyl groups excluding tert-OH is 1. The smallest absolute Gasteiger partial charge is 0.118 e. The Bertz CT molecular complexity index is 542. The Balaban J connectivity index is 2.00. The van der Waals surface area contributed by atoms with Crippen LogP contribution in [0.5, 0.6) is 5.75 Å². The number of hydrogen-bond donors (Lipinski definition) is 2. The topological polar surface area (TPSA) is 54.4 Å². The highest BCUT2D eigenvalue weighted by atomic mass is 16.5. The van der Waals surface area contributed by atoms with E-state index in [0.717, 1.165) is 16.9 Å². The maximum Gasteiger partial charge on any atom is 0.118 e. The van der Waals surface area contributed by atoms with Crippen molar-refractivity contribution < 1.29 is 9.84 Å². The van der Waals surface area contributed by atoms with E-state index in [2.05, 4.69) is 17.2 Å². The zero-order chi connectivity index (χ0) is 15.2. The molecule has 0 bridgehead atoms. The summed E-state index contributed by atoms with van der Waals surface area (Å²) in [4.78, 5) is 4.02. The Morgan fingerprint density at radius 2 is 1.62 bits per heavy atom. The van der Waals surface area contributed by atoms with Gasteiger partial charge in [-0.15, -0.1) is 0 Å². The molecule has 2 aromatic rings. The van der Waals surface area contributed by atoms with Crippen LogP contribution >= 0.6 is 0 Å². The van der Waals surface area contributed by atoms with Gasteiger partial charge in [-0.3, -0.25) is 4.98 Å². The number of pyridine rings is 1. The standard InChI is InChI=1S/C17H22N2O2/c1-12(14-8-10-18-11-9-14)19-13(2)17(20)15-4-6-16(21-3)7-5-15/h4-13,17,19-20H,1-3H3. The number of nitrogens with zero attached hydrogens (tertiary/aromatic N) is 1. The SMILES string of the molecule is COc1ccc(C(O)C(C)NC(C)c2ccncc2)cc1. The minimum Gasteiger partial charge on any atom is -0.497 e. The van der Waals surface area contributed by atoms with E-state index in [1.54, 1.807) is 19.5 Å². The molecule has 0 aliphatic rings. The average Bonchev–Trinajstić information content (AvgIpc) is 2.55. The molecule has 4 heteroatoms. The number of aliphatic hydroxyl groups is 1. The van der Waals surface area contributed by atoms with Gasteiger partial charge in [0.15, 0.2) is 0 Å². The van der Waals surface area contributed by atoms with E-state index >= 15 is 0 Å². The van der Waals surface area contributed by atoms with Gasteiger partial charge >= 0.3 is 0 Å². The maximum absolute atomic E-state index is 10.4. The summed E-state index contributed by atoms with van der Waals surface area (Å²) in [6, 6.07) is 11.5. The Morgan fingerprint density at radius 1 is 1.00 bits per heavy atom. The number of methoxy groups -OCH3 is 1. The fourth-order valence-corrected chi connectivity index (χ4v) is 2.32. The van der Waals surface area contributed by atoms with Gasteiger partial charge in [0.05, 0.1) is 13.2 Å². The number of hydrogen-bond acceptors (Lipinski definition) is 4. The van der Waals surface area contributed by atoms with Crippen molar-refractivity contribution in [2.24, 2.45) is 0 Å². The largest absolute Gasteiger partial charge is 0.497 e. The number of rotatable bonds is 6. The molecule has 1 aromatic heterocycles. The molecule has 3 unspecified atom stereocenters. The van der Waals surface area contributed by atoms with Gasteiger partial charge in [0.1, 0.15) is 5.75 Å². The van der Waals surface area contributed by atoms with Crippen LogP contribution in [0.1, 0.15) is 37.1 Å². The summed E-state index contributed by atoms with van der Waals surface area (Å²) < 4.78 is 5.13. The lowest BCUT2D eigenvalue weighted by Crippen LogP contribution is -2.34. The van der Waals surface area contributed by atoms with Crippen LogP contribution < -0.4 is 10.1 Å². The minimum absolute atomic E-state index is 0.0680. The van der Waals surface area contributed by atoms with E-state index in [-0.39, 0.29) is 12.1 Å². The molecule has 0 fully saturated rings. The first-order chi connectivity index (χ1) is 10.1. The Labute approximate surface area is 125 Å². The van der Waals surface area contributed by atoms with Crippen molar-refractivity contribution in [3.05, 3.63) is 59.9 Å². The molecule has 0 amide bonds. The Morgan fingerprint density at radius 3 is 2.19 bits per heavy atom. The second-order valence-corrected chi connectivity index (χ2v) is 5.18. The van der Waals surface area contributed by atoms with Crippen molar-refractivity contribution in [2.75, 3.05) is 7.11 Å². The monoisotopic (exact) mass is 286 g/mol. The first-order valence-electron chi connectivity index (χ1n) is 7.10. The molecule has 1 heterocycles. The highest BCUT2D eigenvalue weighted by molar-refractivity contribution is 5.29. The summed E-state index contributed by atoms with van der Waals surface area (Å²) in [6.07, 6.45) is 2.98. The van der Waals surface area contributed by atoms with Gasteiger partial charge in [-0.05, 0) is 49.2 Å². The highest BCUT2D eigenvalue weighted by Gasteiger charge is 2.18. The summed E-state index contributed by atoms with van der Waals surface area (Å²) >= 11 is 0. The van der Waals surface area contributed by atoms with E-state index in [4.69, 9.17) is 4.74 Å². The molecule has 4 nitrogen and oxygen atoms in total. The van der Waals surface area contributed by atoms with E-state index in [1.165, 1.54) is 0 Å². The van der Waals surface area contributed by atoms with Crippen molar-refractivity contribution in [3.63, 3.8) is 0 Å². The van der Waals surface area contributed by atoms with Crippen molar-refractivity contribution in [1.82, 2.24) is 10.3 Å². The van der Waals surface area contributed by atoms with Gasteiger partial charge in [-0.25, -0.2) is 0 Å². The second-order valence-electron chi connectivity index (χ2n) is 5.18. The van der Waals surface area contributed by atoms with Crippen LogP contribution in [-0.2, 0) is 0 Å². The Hall–Kier alpha value is -1.91. The summed E-state index contributed by atoms with van der Waals surface area (Å²) in [6.45, 7) is 4.05. The van der Waals surface area contributed by atoms with E-state index in [0.29, 0.717) is 0 Å². The maximum atomic E-state index is 10.4. The van der Waals surface area contributed by atoms with Gasteiger partial charge in [0, 0.05) is 24.5 Å². The first kappa shape index (κ1) is 15.5. The molecule has 2 rings (SSSR count). The molecule has 0 saturated heterocycles. The molecule has 0 aliphatic heterocycles. The molecular weight excluding hydrogens is 264 g/mol. The van der Waals surface area contributed by atoms with Crippen LogP contribution in [-0.4, -0.2) is 23.2 Å². The van der Waals surface area contributed by atoms with E-state index < -0.39 is 6.10 Å². The molecule has 3 atom stereocenters. The van der Waals surface area contributed by atoms with Crippen LogP contribution in [0.2, 0.25) is 0 Å². The molecule has 1 aromatic carbocycles. The van der Waals surface area contributed by atoms with Crippen molar-refractivity contribution in [2.45, 2.75) is 32.0 Å². The zero-order valence-electron chi connectivity index (χ0n) is 12.7. The first-order valence-corrected chi connectivity index (χ1v) is 7.10. The minimum atomic E-state index is -0.569. The Kier molecular flexibility index (Phi) is 5.31. The number of benzene rings is 1. The van der Waals surface area contributed by atoms with E-state index in [1.807, 2.05) is 43.3 Å². The van der Waals surface area contributed by atoms with E-state index in [9.17, 15) is 5.11 Å². The molecule has 0 aliphatic carbocycles. The number of nitrogens with one attached hydrogen (secondary N) is 1. The molecule has 21 heavy (non-hydrogen) atoms. The second kappa shape index (κ2) is 7.20. The summed E-state index contributed by atoms with van der Waals surface area (Å²) in [5, 5.41) is 13.8. The molecule has 0 spiro atoms. The third-order valence-corrected chi connectivity index (χ3v) is 3.65. The van der Waals surface area contributed by atoms with Crippen LogP contribution in [0.3, 0.4) is 0 Å². The quantitative estimate of drug-likeness (QED) is 0.857. The molecule has 0 radical (unpaired) electrons. The molecule has 0 saturated carbocycles. The molecular formula is C17H22N2O2. The van der Waals surface area contributed by atoms with Gasteiger partial charge < -0.3 is 15.2 Å². The predicted octanol–water partition coefficient (Wildman–Crippen LogP) is 2.86. The zero-order valence-corrected chi connectivity index (χ0v) is 12.7. The van der Waals surface area contributed by atoms with Gasteiger partial charge in [0.2, 0.25) is 0 Å². The fourth-order valence-electron chi connectivity index (χ4n) is 2.32. The fraction of sp³-hybridized carbons (Fsp3) is 0.353. The van der Waals surface area contributed by atoms with Crippen molar-refractivity contribution >= 4 is 0 Å². The lowest BCUT2D eigenvalue weighted by Gasteiger charge is -2.25. The van der Waals surface area contributed by atoms with Gasteiger partial charge in [0.25, 0.3) is 0 Å². The van der Waals surface area contributed by atoms with Gasteiger partial charge in [-0.1, -0.05) is 12.1 Å². The highest BCUT2D eigenvalue weighted by Crippen LogP contribution is 2.22. The van der Waals surface area contributed by atoms with Crippen LogP contribution in [0.4, 0.5) is 0 Å². The lowest BCUT2D eigenvalue weighted by molar-refractivity contribution is 0.130. The normalized spacial score (nSPS) is 15.2. The molecule has 112 valence electrons.